The Morgan fingerprint density at radius 3 is 2.31 bits per heavy atom. The van der Waals surface area contributed by atoms with Gasteiger partial charge >= 0.3 is 5.97 Å². The maximum absolute atomic E-state index is 13.7. The molecule has 2 amide bonds. The number of hydrogen-bond donors (Lipinski definition) is 1. The SMILES string of the molecule is CC(C)CN1C(=O)C2(CCN(C(=O)c3ccc(OCC(=O)O)cc3)CC2)C[C@H]1Cc1ccccc1. The summed E-state index contributed by atoms with van der Waals surface area (Å²) in [6.07, 6.45) is 3.06. The summed E-state index contributed by atoms with van der Waals surface area (Å²) < 4.78 is 5.15. The summed E-state index contributed by atoms with van der Waals surface area (Å²) >= 11 is 0. The second kappa shape index (κ2) is 10.5. The van der Waals surface area contributed by atoms with Crippen LogP contribution in [-0.4, -0.2) is 65.0 Å². The van der Waals surface area contributed by atoms with Gasteiger partial charge in [-0.2, -0.15) is 0 Å². The van der Waals surface area contributed by atoms with Crippen LogP contribution in [0, 0.1) is 11.3 Å². The first kappa shape index (κ1) is 24.8. The number of aliphatic carboxylic acids is 1. The molecular weight excluding hydrogens is 444 g/mol. The Kier molecular flexibility index (Phi) is 7.43. The summed E-state index contributed by atoms with van der Waals surface area (Å²) in [4.78, 5) is 41.3. The van der Waals surface area contributed by atoms with Crippen molar-refractivity contribution in [3.05, 3.63) is 65.7 Å². The highest BCUT2D eigenvalue weighted by Gasteiger charge is 2.52. The standard InChI is InChI=1S/C28H34N2O5/c1-20(2)18-30-23(16-21-6-4-3-5-7-21)17-28(27(30)34)12-14-29(15-13-28)26(33)22-8-10-24(11-9-22)35-19-25(31)32/h3-11,20,23H,12-19H2,1-2H3,(H,31,32)/t23-/m1/s1. The van der Waals surface area contributed by atoms with Crippen LogP contribution in [0.2, 0.25) is 0 Å². The summed E-state index contributed by atoms with van der Waals surface area (Å²) in [6.45, 7) is 5.74. The van der Waals surface area contributed by atoms with Crippen LogP contribution in [0.4, 0.5) is 0 Å². The molecular formula is C28H34N2O5. The molecule has 0 aromatic heterocycles. The maximum Gasteiger partial charge on any atom is 0.341 e. The lowest BCUT2D eigenvalue weighted by atomic mass is 9.75. The highest BCUT2D eigenvalue weighted by molar-refractivity contribution is 5.94. The van der Waals surface area contributed by atoms with E-state index in [4.69, 9.17) is 9.84 Å². The van der Waals surface area contributed by atoms with Crippen molar-refractivity contribution in [3.63, 3.8) is 0 Å². The highest BCUT2D eigenvalue weighted by atomic mass is 16.5. The van der Waals surface area contributed by atoms with Gasteiger partial charge in [-0.3, -0.25) is 9.59 Å². The predicted molar refractivity (Wildman–Crippen MR) is 132 cm³/mol. The lowest BCUT2D eigenvalue weighted by Crippen LogP contribution is -2.47. The van der Waals surface area contributed by atoms with Crippen LogP contribution in [0.1, 0.15) is 49.0 Å². The third-order valence-corrected chi connectivity index (χ3v) is 7.13. The molecule has 0 radical (unpaired) electrons. The van der Waals surface area contributed by atoms with Gasteiger partial charge in [-0.25, -0.2) is 4.79 Å². The monoisotopic (exact) mass is 478 g/mol. The number of nitrogens with zero attached hydrogens (tertiary/aromatic N) is 2. The van der Waals surface area contributed by atoms with Gasteiger partial charge in [0.15, 0.2) is 6.61 Å². The molecule has 186 valence electrons. The van der Waals surface area contributed by atoms with E-state index in [0.29, 0.717) is 43.2 Å². The maximum atomic E-state index is 13.7. The van der Waals surface area contributed by atoms with Gasteiger partial charge in [0, 0.05) is 31.2 Å². The number of carbonyl (C=O) groups excluding carboxylic acids is 2. The lowest BCUT2D eigenvalue weighted by Gasteiger charge is -2.38. The molecule has 1 spiro atoms. The van der Waals surface area contributed by atoms with Crippen LogP contribution < -0.4 is 4.74 Å². The molecule has 4 rings (SSSR count). The van der Waals surface area contributed by atoms with E-state index >= 15 is 0 Å². The van der Waals surface area contributed by atoms with E-state index in [1.54, 1.807) is 24.3 Å². The molecule has 0 unspecified atom stereocenters. The number of likely N-dealkylation sites (tertiary alicyclic amines) is 2. The van der Waals surface area contributed by atoms with E-state index < -0.39 is 12.6 Å². The number of carboxylic acids is 1. The van der Waals surface area contributed by atoms with E-state index in [2.05, 4.69) is 30.9 Å². The molecule has 0 saturated carbocycles. The van der Waals surface area contributed by atoms with Crippen LogP contribution in [0.25, 0.3) is 0 Å². The van der Waals surface area contributed by atoms with E-state index in [-0.39, 0.29) is 23.3 Å². The molecule has 1 atom stereocenters. The van der Waals surface area contributed by atoms with E-state index in [0.717, 1.165) is 19.4 Å². The molecule has 2 aromatic rings. The van der Waals surface area contributed by atoms with Gasteiger partial charge < -0.3 is 19.6 Å². The molecule has 0 aliphatic carbocycles. The fraction of sp³-hybridized carbons (Fsp3) is 0.464. The Morgan fingerprint density at radius 2 is 1.71 bits per heavy atom. The van der Waals surface area contributed by atoms with Crippen LogP contribution in [0.5, 0.6) is 5.75 Å². The Bertz CT molecular complexity index is 1040. The number of ether oxygens (including phenoxy) is 1. The quantitative estimate of drug-likeness (QED) is 0.622. The van der Waals surface area contributed by atoms with Gasteiger partial charge in [0.1, 0.15) is 5.75 Å². The molecule has 1 N–H and O–H groups in total. The number of amides is 2. The largest absolute Gasteiger partial charge is 0.482 e. The topological polar surface area (TPSA) is 87.2 Å². The minimum absolute atomic E-state index is 0.0741. The molecule has 0 bridgehead atoms. The second-order valence-electron chi connectivity index (χ2n) is 10.2. The van der Waals surface area contributed by atoms with Gasteiger partial charge in [-0.15, -0.1) is 0 Å². The Morgan fingerprint density at radius 1 is 1.06 bits per heavy atom. The predicted octanol–water partition coefficient (Wildman–Crippen LogP) is 3.87. The summed E-state index contributed by atoms with van der Waals surface area (Å²) in [5.74, 6) is -0.0646. The van der Waals surface area contributed by atoms with Crippen molar-refractivity contribution in [2.24, 2.45) is 11.3 Å². The van der Waals surface area contributed by atoms with Gasteiger partial charge in [-0.1, -0.05) is 44.2 Å². The number of carbonyl (C=O) groups is 3. The Balaban J connectivity index is 1.41. The molecule has 2 aromatic carbocycles. The van der Waals surface area contributed by atoms with Crippen molar-refractivity contribution >= 4 is 17.8 Å². The van der Waals surface area contributed by atoms with Crippen molar-refractivity contribution in [1.29, 1.82) is 0 Å². The van der Waals surface area contributed by atoms with Crippen LogP contribution in [0.3, 0.4) is 0 Å². The molecule has 2 saturated heterocycles. The van der Waals surface area contributed by atoms with Crippen LogP contribution in [0.15, 0.2) is 54.6 Å². The zero-order valence-electron chi connectivity index (χ0n) is 20.5. The van der Waals surface area contributed by atoms with E-state index in [9.17, 15) is 14.4 Å². The third-order valence-electron chi connectivity index (χ3n) is 7.13. The lowest BCUT2D eigenvalue weighted by molar-refractivity contribution is -0.140. The van der Waals surface area contributed by atoms with Crippen molar-refractivity contribution in [2.75, 3.05) is 26.2 Å². The molecule has 2 fully saturated rings. The molecule has 35 heavy (non-hydrogen) atoms. The minimum Gasteiger partial charge on any atom is -0.482 e. The van der Waals surface area contributed by atoms with E-state index in [1.807, 2.05) is 23.1 Å². The first-order valence-electron chi connectivity index (χ1n) is 12.4. The Labute approximate surface area is 206 Å². The zero-order chi connectivity index (χ0) is 25.0. The van der Waals surface area contributed by atoms with Crippen molar-refractivity contribution in [1.82, 2.24) is 9.80 Å². The smallest absolute Gasteiger partial charge is 0.341 e. The second-order valence-corrected chi connectivity index (χ2v) is 10.2. The summed E-state index contributed by atoms with van der Waals surface area (Å²) in [7, 11) is 0. The van der Waals surface area contributed by atoms with Crippen LogP contribution >= 0.6 is 0 Å². The van der Waals surface area contributed by atoms with E-state index in [1.165, 1.54) is 5.56 Å². The molecule has 7 nitrogen and oxygen atoms in total. The fourth-order valence-electron chi connectivity index (χ4n) is 5.39. The average molecular weight is 479 g/mol. The molecule has 7 heteroatoms. The van der Waals surface area contributed by atoms with Crippen molar-refractivity contribution in [2.45, 2.75) is 45.6 Å². The average Bonchev–Trinajstić information content (AvgIpc) is 3.08. The fourth-order valence-corrected chi connectivity index (χ4v) is 5.39. The number of carboxylic acid groups (broad SMARTS) is 1. The van der Waals surface area contributed by atoms with Crippen molar-refractivity contribution in [3.8, 4) is 5.75 Å². The number of rotatable bonds is 8. The van der Waals surface area contributed by atoms with Gasteiger partial charge in [-0.05, 0) is 61.4 Å². The summed E-state index contributed by atoms with van der Waals surface area (Å²) in [5, 5.41) is 8.73. The van der Waals surface area contributed by atoms with Gasteiger partial charge in [0.2, 0.25) is 5.91 Å². The summed E-state index contributed by atoms with van der Waals surface area (Å²) in [5.41, 5.74) is 1.39. The minimum atomic E-state index is -1.05. The highest BCUT2D eigenvalue weighted by Crippen LogP contribution is 2.45. The van der Waals surface area contributed by atoms with Gasteiger partial charge in [0.25, 0.3) is 5.91 Å². The third kappa shape index (κ3) is 5.66. The molecule has 2 aliphatic rings. The number of benzene rings is 2. The molecule has 2 aliphatic heterocycles. The summed E-state index contributed by atoms with van der Waals surface area (Å²) in [6, 6.07) is 17.1. The molecule has 2 heterocycles. The zero-order valence-corrected chi connectivity index (χ0v) is 20.5. The Hall–Kier alpha value is -3.35. The van der Waals surface area contributed by atoms with Crippen molar-refractivity contribution < 1.29 is 24.2 Å². The first-order valence-corrected chi connectivity index (χ1v) is 12.4. The normalized spacial score (nSPS) is 19.4. The number of hydrogen-bond acceptors (Lipinski definition) is 4. The van der Waals surface area contributed by atoms with Crippen LogP contribution in [-0.2, 0) is 16.0 Å². The first-order chi connectivity index (χ1) is 16.8. The van der Waals surface area contributed by atoms with Gasteiger partial charge in [0.05, 0.1) is 5.41 Å². The number of piperidine rings is 1.